The Kier molecular flexibility index (Phi) is 8.81. The second-order valence-corrected chi connectivity index (χ2v) is 14.5. The molecule has 0 unspecified atom stereocenters. The molecule has 0 heterocycles. The summed E-state index contributed by atoms with van der Waals surface area (Å²) in [6.07, 6.45) is -18.4. The maximum absolute atomic E-state index is 14.3. The summed E-state index contributed by atoms with van der Waals surface area (Å²) in [6.45, 7) is 0.563. The summed E-state index contributed by atoms with van der Waals surface area (Å²) < 4.78 is 130. The third-order valence-corrected chi connectivity index (χ3v) is 14.0. The van der Waals surface area contributed by atoms with Crippen molar-refractivity contribution in [3.05, 3.63) is 0 Å². The van der Waals surface area contributed by atoms with Crippen molar-refractivity contribution in [1.29, 1.82) is 0 Å². The molecular weight excluding hydrogens is 485 g/mol. The molecule has 0 amide bonds. The summed E-state index contributed by atoms with van der Waals surface area (Å²) >= 11 is -7.08. The van der Waals surface area contributed by atoms with Gasteiger partial charge in [-0.15, -0.1) is 0 Å². The van der Waals surface area contributed by atoms with Crippen molar-refractivity contribution in [2.75, 3.05) is 13.2 Å². The summed E-state index contributed by atoms with van der Waals surface area (Å²) in [5, 5.41) is 0. The van der Waals surface area contributed by atoms with Crippen LogP contribution in [0.1, 0.15) is 39.5 Å². The average molecular weight is 503 g/mol. The van der Waals surface area contributed by atoms with E-state index in [1.165, 1.54) is 0 Å². The van der Waals surface area contributed by atoms with Crippen LogP contribution in [0.3, 0.4) is 0 Å². The van der Waals surface area contributed by atoms with Crippen LogP contribution in [0.4, 0.5) is 43.9 Å². The van der Waals surface area contributed by atoms with Crippen LogP contribution >= 0.6 is 0 Å². The number of rotatable bonds is 10. The van der Waals surface area contributed by atoms with E-state index in [4.69, 9.17) is 0 Å². The topological polar surface area (TPSA) is 18.5 Å². The summed E-state index contributed by atoms with van der Waals surface area (Å²) in [6, 6.07) is 0. The fourth-order valence-electron chi connectivity index (χ4n) is 2.06. The Morgan fingerprint density at radius 3 is 1.04 bits per heavy atom. The minimum atomic E-state index is -7.08. The van der Waals surface area contributed by atoms with Gasteiger partial charge in [0.05, 0.1) is 0 Å². The van der Waals surface area contributed by atoms with Crippen molar-refractivity contribution in [1.82, 2.24) is 0 Å². The van der Waals surface area contributed by atoms with Crippen molar-refractivity contribution in [2.24, 2.45) is 0 Å². The Bertz CT molecular complexity index is 370. The molecule has 0 aliphatic carbocycles. The Morgan fingerprint density at radius 1 is 0.560 bits per heavy atom. The molecule has 0 saturated carbocycles. The van der Waals surface area contributed by atoms with Gasteiger partial charge in [-0.1, -0.05) is 0 Å². The summed E-state index contributed by atoms with van der Waals surface area (Å²) in [5.41, 5.74) is 0. The molecule has 2 nitrogen and oxygen atoms in total. The first kappa shape index (κ1) is 25.0. The van der Waals surface area contributed by atoms with Gasteiger partial charge in [-0.2, -0.15) is 0 Å². The minimum absolute atomic E-state index is 0.751. The van der Waals surface area contributed by atoms with Gasteiger partial charge in [0.15, 0.2) is 0 Å². The summed E-state index contributed by atoms with van der Waals surface area (Å²) in [5.74, 6) is 0. The van der Waals surface area contributed by atoms with Crippen LogP contribution in [0.15, 0.2) is 0 Å². The molecule has 25 heavy (non-hydrogen) atoms. The third kappa shape index (κ3) is 7.27. The Hall–Kier alpha value is 0.0187. The zero-order valence-corrected chi connectivity index (χ0v) is 16.2. The number of alkyl halides is 10. The van der Waals surface area contributed by atoms with E-state index in [2.05, 4.69) is 6.15 Å². The molecule has 152 valence electrons. The second kappa shape index (κ2) is 8.80. The van der Waals surface area contributed by atoms with Gasteiger partial charge in [-0.05, 0) is 0 Å². The summed E-state index contributed by atoms with van der Waals surface area (Å²) in [4.78, 5) is 0. The molecule has 0 fully saturated rings. The first-order valence-corrected chi connectivity index (χ1v) is 12.4. The Morgan fingerprint density at radius 2 is 0.840 bits per heavy atom. The van der Waals surface area contributed by atoms with Gasteiger partial charge >= 0.3 is 142 Å². The average Bonchev–Trinajstić information content (AvgIpc) is 2.41. The standard InChI is InChI=1S/2C4H4F5.2C2H5O.Sn/c2*5-3(6)1-2-4(7,8)9;2*1-2-3;/h2*1-2H2;2*2H2,1H3;/q;;2*-1;+2. The number of hydrogen-bond donors (Lipinski definition) is 0. The molecule has 0 rings (SSSR count). The van der Waals surface area contributed by atoms with E-state index in [-0.39, 0.29) is 0 Å². The van der Waals surface area contributed by atoms with Gasteiger partial charge in [0, 0.05) is 0 Å². The number of halogens is 10. The van der Waals surface area contributed by atoms with E-state index >= 15 is 0 Å². The zero-order chi connectivity index (χ0) is 20.2. The maximum atomic E-state index is 14.3. The van der Waals surface area contributed by atoms with Crippen molar-refractivity contribution in [3.63, 3.8) is 0 Å². The van der Waals surface area contributed by atoms with Crippen LogP contribution in [-0.4, -0.2) is 52.6 Å². The van der Waals surface area contributed by atoms with Crippen LogP contribution in [-0.2, 0) is 6.15 Å². The van der Waals surface area contributed by atoms with Crippen LogP contribution in [0, 0.1) is 0 Å². The van der Waals surface area contributed by atoms with E-state index in [9.17, 15) is 43.9 Å². The van der Waals surface area contributed by atoms with E-state index in [1.807, 2.05) is 0 Å². The zero-order valence-electron chi connectivity index (χ0n) is 13.3. The van der Waals surface area contributed by atoms with Gasteiger partial charge in [0.25, 0.3) is 0 Å². The van der Waals surface area contributed by atoms with Crippen LogP contribution in [0.25, 0.3) is 0 Å². The molecular formula is C12H18F10O2Sn. The molecule has 0 atom stereocenters. The van der Waals surface area contributed by atoms with Gasteiger partial charge in [-0.3, -0.25) is 0 Å². The van der Waals surface area contributed by atoms with Gasteiger partial charge < -0.3 is 0 Å². The molecule has 13 heteroatoms. The molecule has 0 aliphatic rings. The van der Waals surface area contributed by atoms with Crippen LogP contribution < -0.4 is 0 Å². The first-order valence-electron chi connectivity index (χ1n) is 7.20. The Balaban J connectivity index is 5.82. The molecule has 0 bridgehead atoms. The molecule has 0 aromatic heterocycles. The Labute approximate surface area is 142 Å². The second-order valence-electron chi connectivity index (χ2n) is 5.12. The molecule has 0 saturated heterocycles. The van der Waals surface area contributed by atoms with Gasteiger partial charge in [0.1, 0.15) is 0 Å². The predicted molar refractivity (Wildman–Crippen MR) is 69.5 cm³/mol. The molecule has 0 N–H and O–H groups in total. The normalized spacial score (nSPS) is 14.9. The van der Waals surface area contributed by atoms with E-state index in [0.717, 1.165) is 13.8 Å². The number of hydrogen-bond acceptors (Lipinski definition) is 2. The van der Waals surface area contributed by atoms with E-state index in [1.54, 1.807) is 0 Å². The van der Waals surface area contributed by atoms with Gasteiger partial charge in [-0.25, -0.2) is 0 Å². The van der Waals surface area contributed by atoms with E-state index in [0.29, 0.717) is 0 Å². The summed E-state index contributed by atoms with van der Waals surface area (Å²) in [7, 11) is 0. The van der Waals surface area contributed by atoms with Crippen LogP contribution in [0.2, 0.25) is 0 Å². The van der Waals surface area contributed by atoms with Crippen molar-refractivity contribution in [3.8, 4) is 0 Å². The first-order chi connectivity index (χ1) is 11.0. The predicted octanol–water partition coefficient (Wildman–Crippen LogP) is 5.54. The third-order valence-electron chi connectivity index (χ3n) is 3.10. The molecule has 0 aliphatic heterocycles. The monoisotopic (exact) mass is 504 g/mol. The van der Waals surface area contributed by atoms with Crippen molar-refractivity contribution >= 4 is 19.2 Å². The molecule has 0 spiro atoms. The molecule has 0 aromatic carbocycles. The van der Waals surface area contributed by atoms with Crippen LogP contribution in [0.5, 0.6) is 0 Å². The fourth-order valence-corrected chi connectivity index (χ4v) is 11.2. The van der Waals surface area contributed by atoms with E-state index < -0.39 is 78.3 Å². The van der Waals surface area contributed by atoms with Crippen molar-refractivity contribution < 1.29 is 50.1 Å². The SMILES string of the molecule is CC[O][Sn]([O]CC)([C](F)(F)CCC(F)(F)F)[C](F)(F)CCC(F)(F)F. The fraction of sp³-hybridized carbons (Fsp3) is 1.00. The van der Waals surface area contributed by atoms with Gasteiger partial charge in [0.2, 0.25) is 0 Å². The molecule has 0 aromatic rings. The van der Waals surface area contributed by atoms with Crippen molar-refractivity contribution in [2.45, 2.75) is 59.8 Å². The molecule has 0 radical (unpaired) electrons. The quantitative estimate of drug-likeness (QED) is 0.289.